The summed E-state index contributed by atoms with van der Waals surface area (Å²) in [6.07, 6.45) is -9.01. The van der Waals surface area contributed by atoms with Crippen LogP contribution in [0.3, 0.4) is 0 Å². The number of H-pyrrole nitrogens is 1. The first kappa shape index (κ1) is 28.8. The minimum Gasteiger partial charge on any atom is -0.378 e. The zero-order valence-corrected chi connectivity index (χ0v) is 21.9. The Morgan fingerprint density at radius 2 is 1.73 bits per heavy atom. The van der Waals surface area contributed by atoms with Gasteiger partial charge in [0, 0.05) is 6.54 Å². The van der Waals surface area contributed by atoms with Crippen molar-refractivity contribution in [1.29, 1.82) is 0 Å². The summed E-state index contributed by atoms with van der Waals surface area (Å²) in [5, 5.41) is 10.6. The normalized spacial score (nSPS) is 18.3. The monoisotopic (exact) mass is 579 g/mol. The maximum atomic E-state index is 13.3. The van der Waals surface area contributed by atoms with Gasteiger partial charge in [-0.25, -0.2) is 4.98 Å². The number of aromatic amines is 1. The molecule has 1 aliphatic heterocycles. The third-order valence-electron chi connectivity index (χ3n) is 8.00. The summed E-state index contributed by atoms with van der Waals surface area (Å²) >= 11 is 0. The first-order chi connectivity index (χ1) is 19.2. The summed E-state index contributed by atoms with van der Waals surface area (Å²) in [5.74, 6) is -2.15. The fourth-order valence-corrected chi connectivity index (χ4v) is 5.32. The zero-order chi connectivity index (χ0) is 29.7. The number of nitrogens with one attached hydrogen (secondary N) is 1. The molecule has 0 radical (unpaired) electrons. The molecule has 0 bridgehead atoms. The van der Waals surface area contributed by atoms with Crippen molar-refractivity contribution < 1.29 is 36.2 Å². The van der Waals surface area contributed by atoms with Gasteiger partial charge in [0.05, 0.1) is 34.7 Å². The van der Waals surface area contributed by atoms with Crippen LogP contribution in [0.25, 0.3) is 0 Å². The highest BCUT2D eigenvalue weighted by atomic mass is 19.4. The second-order valence-electron chi connectivity index (χ2n) is 10.7. The maximum Gasteiger partial charge on any atom is 0.416 e. The number of rotatable bonds is 5. The molecule has 1 saturated carbocycles. The van der Waals surface area contributed by atoms with Gasteiger partial charge in [-0.3, -0.25) is 9.59 Å². The van der Waals surface area contributed by atoms with Crippen LogP contribution in [0.15, 0.2) is 53.3 Å². The molecule has 218 valence electrons. The number of hydrogen-bond donors (Lipinski definition) is 2. The van der Waals surface area contributed by atoms with Crippen molar-refractivity contribution in [3.63, 3.8) is 0 Å². The van der Waals surface area contributed by atoms with Crippen molar-refractivity contribution in [2.45, 2.75) is 68.9 Å². The van der Waals surface area contributed by atoms with Crippen LogP contribution in [-0.2, 0) is 29.4 Å². The number of aryl methyl sites for hydroxylation is 1. The van der Waals surface area contributed by atoms with Gasteiger partial charge in [0.1, 0.15) is 5.82 Å². The summed E-state index contributed by atoms with van der Waals surface area (Å²) in [7, 11) is 0. The molecule has 2 N–H and O–H groups in total. The van der Waals surface area contributed by atoms with Crippen LogP contribution in [0.2, 0.25) is 0 Å². The first-order valence-corrected chi connectivity index (χ1v) is 13.1. The van der Waals surface area contributed by atoms with Gasteiger partial charge in [0.25, 0.3) is 11.5 Å². The lowest BCUT2D eigenvalue weighted by molar-refractivity contribution is -0.146. The summed E-state index contributed by atoms with van der Waals surface area (Å²) < 4.78 is 79.3. The van der Waals surface area contributed by atoms with Crippen molar-refractivity contribution >= 4 is 5.91 Å². The SMILES string of the molecule is CC(c1cccc(C2(c3nc4c(c(=O)[nH]3)CN(C(=O)[C@H](O)c3cccc(C(F)(F)F)c3)CCC4)CC2)c1)C(F)(F)F. The summed E-state index contributed by atoms with van der Waals surface area (Å²) in [5.41, 5.74) is -1.06. The molecular weight excluding hydrogens is 552 g/mol. The first-order valence-electron chi connectivity index (χ1n) is 13.1. The highest BCUT2D eigenvalue weighted by molar-refractivity contribution is 5.82. The van der Waals surface area contributed by atoms with Crippen molar-refractivity contribution in [3.8, 4) is 0 Å². The Morgan fingerprint density at radius 3 is 2.39 bits per heavy atom. The summed E-state index contributed by atoms with van der Waals surface area (Å²) in [6, 6.07) is 10.1. The lowest BCUT2D eigenvalue weighted by atomic mass is 9.90. The molecule has 1 unspecified atom stereocenters. The molecule has 0 spiro atoms. The number of carbonyl (C=O) groups is 1. The highest BCUT2D eigenvalue weighted by Crippen LogP contribution is 2.52. The Kier molecular flexibility index (Phi) is 7.25. The molecule has 1 aliphatic carbocycles. The number of aliphatic hydroxyl groups excluding tert-OH is 1. The second kappa shape index (κ2) is 10.3. The standard InChI is InChI=1S/C29H27F6N3O3/c1-16(28(30,31)32)17-5-2-7-19(13-17)27(10-11-27)26-36-22-9-4-12-38(15-21(22)24(40)37-26)25(41)23(39)18-6-3-8-20(14-18)29(33,34)35/h2-3,5-8,13-14,16,23,39H,4,9-12,15H2,1H3,(H,36,37,40)/t16?,23-/m1/s1. The highest BCUT2D eigenvalue weighted by Gasteiger charge is 2.49. The van der Waals surface area contributed by atoms with E-state index in [-0.39, 0.29) is 29.8 Å². The van der Waals surface area contributed by atoms with Crippen LogP contribution in [0.5, 0.6) is 0 Å². The van der Waals surface area contributed by atoms with Crippen molar-refractivity contribution in [1.82, 2.24) is 14.9 Å². The van der Waals surface area contributed by atoms with Crippen LogP contribution >= 0.6 is 0 Å². The number of halogens is 6. The average molecular weight is 580 g/mol. The van der Waals surface area contributed by atoms with Crippen LogP contribution in [0.1, 0.15) is 77.5 Å². The Balaban J connectivity index is 1.41. The number of benzene rings is 2. The van der Waals surface area contributed by atoms with Gasteiger partial charge >= 0.3 is 12.4 Å². The molecular formula is C29H27F6N3O3. The predicted molar refractivity (Wildman–Crippen MR) is 136 cm³/mol. The molecule has 1 fully saturated rings. The molecule has 5 rings (SSSR count). The fraction of sp³-hybridized carbons (Fsp3) is 0.414. The fourth-order valence-electron chi connectivity index (χ4n) is 5.32. The van der Waals surface area contributed by atoms with E-state index in [0.717, 1.165) is 19.1 Å². The lowest BCUT2D eigenvalue weighted by Gasteiger charge is -2.24. The Morgan fingerprint density at radius 1 is 1.05 bits per heavy atom. The number of aliphatic hydroxyl groups is 1. The quantitative estimate of drug-likeness (QED) is 0.389. The van der Waals surface area contributed by atoms with E-state index in [4.69, 9.17) is 4.98 Å². The number of alkyl halides is 6. The van der Waals surface area contributed by atoms with Gasteiger partial charge in [-0.15, -0.1) is 0 Å². The molecule has 41 heavy (non-hydrogen) atoms. The molecule has 1 amide bonds. The number of fused-ring (bicyclic) bond motifs is 1. The van der Waals surface area contributed by atoms with Gasteiger partial charge in [-0.1, -0.05) is 36.4 Å². The van der Waals surface area contributed by atoms with E-state index in [1.54, 1.807) is 12.1 Å². The molecule has 2 atom stereocenters. The summed E-state index contributed by atoms with van der Waals surface area (Å²) in [6.45, 7) is 1.04. The van der Waals surface area contributed by atoms with E-state index in [2.05, 4.69) is 4.98 Å². The minimum absolute atomic E-state index is 0.117. The molecule has 6 nitrogen and oxygen atoms in total. The van der Waals surface area contributed by atoms with E-state index < -0.39 is 46.8 Å². The van der Waals surface area contributed by atoms with Crippen LogP contribution < -0.4 is 5.56 Å². The third-order valence-corrected chi connectivity index (χ3v) is 8.00. The van der Waals surface area contributed by atoms with Crippen molar-refractivity contribution in [2.24, 2.45) is 0 Å². The van der Waals surface area contributed by atoms with Gasteiger partial charge in [0.2, 0.25) is 0 Å². The van der Waals surface area contributed by atoms with Crippen LogP contribution in [-0.4, -0.2) is 38.6 Å². The number of hydrogen-bond acceptors (Lipinski definition) is 4. The summed E-state index contributed by atoms with van der Waals surface area (Å²) in [4.78, 5) is 35.0. The van der Waals surface area contributed by atoms with E-state index >= 15 is 0 Å². The van der Waals surface area contributed by atoms with E-state index in [1.165, 1.54) is 23.1 Å². The second-order valence-corrected chi connectivity index (χ2v) is 10.7. The van der Waals surface area contributed by atoms with Gasteiger partial charge < -0.3 is 15.0 Å². The van der Waals surface area contributed by atoms with Gasteiger partial charge in [-0.05, 0) is 61.4 Å². The minimum atomic E-state index is -4.65. The van der Waals surface area contributed by atoms with Crippen molar-refractivity contribution in [2.75, 3.05) is 6.54 Å². The van der Waals surface area contributed by atoms with Crippen molar-refractivity contribution in [3.05, 3.63) is 98.2 Å². The molecule has 2 aromatic carbocycles. The van der Waals surface area contributed by atoms with E-state index in [1.807, 2.05) is 0 Å². The molecule has 12 heteroatoms. The topological polar surface area (TPSA) is 86.3 Å². The number of aromatic nitrogens is 2. The Labute approximate surface area is 231 Å². The van der Waals surface area contributed by atoms with E-state index in [0.29, 0.717) is 48.8 Å². The Bertz CT molecular complexity index is 1530. The Hall–Kier alpha value is -3.67. The number of carbonyl (C=O) groups excluding carboxylic acids is 1. The number of amides is 1. The average Bonchev–Trinajstić information content (AvgIpc) is 3.76. The van der Waals surface area contributed by atoms with Gasteiger partial charge in [-0.2, -0.15) is 26.3 Å². The molecule has 0 saturated heterocycles. The smallest absolute Gasteiger partial charge is 0.378 e. The maximum absolute atomic E-state index is 13.3. The lowest BCUT2D eigenvalue weighted by Crippen LogP contribution is -2.36. The number of nitrogens with zero attached hydrogens (tertiary/aromatic N) is 2. The molecule has 3 aromatic rings. The van der Waals surface area contributed by atoms with Gasteiger partial charge in [0.15, 0.2) is 6.10 Å². The van der Waals surface area contributed by atoms with Crippen LogP contribution in [0.4, 0.5) is 26.3 Å². The zero-order valence-electron chi connectivity index (χ0n) is 21.9. The van der Waals surface area contributed by atoms with E-state index in [9.17, 15) is 41.0 Å². The molecule has 2 heterocycles. The van der Waals surface area contributed by atoms with Crippen LogP contribution in [0, 0.1) is 0 Å². The largest absolute Gasteiger partial charge is 0.416 e. The molecule has 1 aromatic heterocycles. The molecule has 2 aliphatic rings. The predicted octanol–water partition coefficient (Wildman–Crippen LogP) is 5.54. The third kappa shape index (κ3) is 5.61.